The highest BCUT2D eigenvalue weighted by Crippen LogP contribution is 2.32. The summed E-state index contributed by atoms with van der Waals surface area (Å²) in [6.45, 7) is 2.53. The van der Waals surface area contributed by atoms with E-state index in [9.17, 15) is 9.18 Å². The molecule has 1 atom stereocenters. The third kappa shape index (κ3) is 3.12. The molecule has 1 aromatic carbocycles. The number of carbonyl (C=O) groups excluding carboxylic acids is 1. The fraction of sp³-hybridized carbons (Fsp3) is 0.316. The minimum atomic E-state index is -0.334. The van der Waals surface area contributed by atoms with Crippen LogP contribution in [-0.2, 0) is 4.79 Å². The van der Waals surface area contributed by atoms with Crippen LogP contribution in [0.15, 0.2) is 42.6 Å². The second-order valence-corrected chi connectivity index (χ2v) is 6.41. The van der Waals surface area contributed by atoms with Crippen molar-refractivity contribution >= 4 is 11.6 Å². The van der Waals surface area contributed by atoms with E-state index >= 15 is 0 Å². The number of likely N-dealkylation sites (tertiary alicyclic amines) is 1. The molecule has 0 bridgehead atoms. The lowest BCUT2D eigenvalue weighted by Crippen LogP contribution is -2.35. The second-order valence-electron chi connectivity index (χ2n) is 6.41. The summed E-state index contributed by atoms with van der Waals surface area (Å²) in [7, 11) is 0. The summed E-state index contributed by atoms with van der Waals surface area (Å²) >= 11 is 0. The van der Waals surface area contributed by atoms with Crippen molar-refractivity contribution in [2.24, 2.45) is 0 Å². The van der Waals surface area contributed by atoms with Crippen molar-refractivity contribution in [2.45, 2.75) is 25.8 Å². The van der Waals surface area contributed by atoms with Gasteiger partial charge in [0.25, 0.3) is 5.91 Å². The van der Waals surface area contributed by atoms with Crippen molar-refractivity contribution in [1.82, 2.24) is 19.5 Å². The standard InChI is InChI=1S/C19H19FN4O2/c1-13-11-18-21-9-8-17(24(18)22-13)16-3-2-10-23(16)19(25)12-26-15-6-4-14(20)5-7-15/h4-9,11,16H,2-3,10,12H2,1H3/t16-/m0/s1. The van der Waals surface area contributed by atoms with E-state index in [0.29, 0.717) is 12.3 Å². The van der Waals surface area contributed by atoms with Crippen LogP contribution in [0.4, 0.5) is 4.39 Å². The quantitative estimate of drug-likeness (QED) is 0.723. The first-order chi connectivity index (χ1) is 12.6. The zero-order valence-corrected chi connectivity index (χ0v) is 14.4. The number of hydrogen-bond donors (Lipinski definition) is 0. The fourth-order valence-corrected chi connectivity index (χ4v) is 3.41. The predicted octanol–water partition coefficient (Wildman–Crippen LogP) is 2.92. The number of carbonyl (C=O) groups is 1. The third-order valence-electron chi connectivity index (χ3n) is 4.60. The fourth-order valence-electron chi connectivity index (χ4n) is 3.41. The largest absolute Gasteiger partial charge is 0.484 e. The monoisotopic (exact) mass is 354 g/mol. The lowest BCUT2D eigenvalue weighted by molar-refractivity contribution is -0.134. The number of aryl methyl sites for hydroxylation is 1. The second kappa shape index (κ2) is 6.74. The van der Waals surface area contributed by atoms with Gasteiger partial charge in [-0.3, -0.25) is 4.79 Å². The minimum Gasteiger partial charge on any atom is -0.484 e. The van der Waals surface area contributed by atoms with Gasteiger partial charge < -0.3 is 9.64 Å². The van der Waals surface area contributed by atoms with E-state index in [1.807, 2.05) is 28.5 Å². The van der Waals surface area contributed by atoms with Crippen LogP contribution < -0.4 is 4.74 Å². The van der Waals surface area contributed by atoms with Crippen LogP contribution in [0.5, 0.6) is 5.75 Å². The number of ether oxygens (including phenoxy) is 1. The van der Waals surface area contributed by atoms with Crippen LogP contribution in [0.3, 0.4) is 0 Å². The Balaban J connectivity index is 1.52. The van der Waals surface area contributed by atoms with Crippen LogP contribution in [-0.4, -0.2) is 38.6 Å². The Bertz CT molecular complexity index is 938. The molecule has 0 radical (unpaired) electrons. The van der Waals surface area contributed by atoms with E-state index in [-0.39, 0.29) is 24.4 Å². The Morgan fingerprint density at radius 1 is 1.31 bits per heavy atom. The summed E-state index contributed by atoms with van der Waals surface area (Å²) in [5, 5.41) is 4.50. The predicted molar refractivity (Wildman–Crippen MR) is 93.3 cm³/mol. The molecule has 26 heavy (non-hydrogen) atoms. The van der Waals surface area contributed by atoms with Crippen molar-refractivity contribution in [1.29, 1.82) is 0 Å². The summed E-state index contributed by atoms with van der Waals surface area (Å²) in [5.74, 6) is 0.0506. The maximum Gasteiger partial charge on any atom is 0.261 e. The van der Waals surface area contributed by atoms with Crippen molar-refractivity contribution < 1.29 is 13.9 Å². The van der Waals surface area contributed by atoms with E-state index in [1.165, 1.54) is 24.3 Å². The highest BCUT2D eigenvalue weighted by Gasteiger charge is 2.32. The molecule has 1 saturated heterocycles. The highest BCUT2D eigenvalue weighted by atomic mass is 19.1. The van der Waals surface area contributed by atoms with Crippen LogP contribution in [0, 0.1) is 12.7 Å². The number of nitrogens with zero attached hydrogens (tertiary/aromatic N) is 4. The van der Waals surface area contributed by atoms with Crippen molar-refractivity contribution in [3.63, 3.8) is 0 Å². The van der Waals surface area contributed by atoms with Gasteiger partial charge in [-0.1, -0.05) is 0 Å². The van der Waals surface area contributed by atoms with Gasteiger partial charge in [-0.15, -0.1) is 0 Å². The van der Waals surface area contributed by atoms with Crippen LogP contribution in [0.1, 0.15) is 30.3 Å². The van der Waals surface area contributed by atoms with Crippen molar-refractivity contribution in [3.05, 3.63) is 59.8 Å². The first kappa shape index (κ1) is 16.5. The molecule has 134 valence electrons. The van der Waals surface area contributed by atoms with Crippen LogP contribution in [0.2, 0.25) is 0 Å². The van der Waals surface area contributed by atoms with Crippen molar-refractivity contribution in [3.8, 4) is 5.75 Å². The van der Waals surface area contributed by atoms with Gasteiger partial charge in [0.15, 0.2) is 12.3 Å². The molecule has 0 spiro atoms. The van der Waals surface area contributed by atoms with Crippen molar-refractivity contribution in [2.75, 3.05) is 13.2 Å². The minimum absolute atomic E-state index is 0.0517. The topological polar surface area (TPSA) is 59.7 Å². The molecule has 1 aliphatic rings. The molecule has 6 nitrogen and oxygen atoms in total. The number of halogens is 1. The molecule has 0 saturated carbocycles. The highest BCUT2D eigenvalue weighted by molar-refractivity contribution is 5.78. The molecule has 1 amide bonds. The summed E-state index contributed by atoms with van der Waals surface area (Å²) < 4.78 is 20.3. The van der Waals surface area contributed by atoms with Gasteiger partial charge in [-0.25, -0.2) is 13.9 Å². The first-order valence-electron chi connectivity index (χ1n) is 8.61. The number of rotatable bonds is 4. The van der Waals surface area contributed by atoms with Gasteiger partial charge >= 0.3 is 0 Å². The number of hydrogen-bond acceptors (Lipinski definition) is 4. The molecule has 0 N–H and O–H groups in total. The molecule has 3 heterocycles. The smallest absolute Gasteiger partial charge is 0.261 e. The molecule has 7 heteroatoms. The molecular weight excluding hydrogens is 335 g/mol. The first-order valence-corrected chi connectivity index (χ1v) is 8.61. The van der Waals surface area contributed by atoms with E-state index in [2.05, 4.69) is 10.1 Å². The number of aromatic nitrogens is 3. The summed E-state index contributed by atoms with van der Waals surface area (Å²) in [6.07, 6.45) is 3.55. The van der Waals surface area contributed by atoms with Gasteiger partial charge in [0.2, 0.25) is 0 Å². The molecule has 0 aliphatic carbocycles. The van der Waals surface area contributed by atoms with Crippen LogP contribution in [0.25, 0.3) is 5.65 Å². The molecule has 1 aliphatic heterocycles. The lowest BCUT2D eigenvalue weighted by atomic mass is 10.1. The molecule has 2 aromatic heterocycles. The summed E-state index contributed by atoms with van der Waals surface area (Å²) in [5.41, 5.74) is 2.62. The molecule has 3 aromatic rings. The van der Waals surface area contributed by atoms with E-state index in [1.54, 1.807) is 6.20 Å². The Morgan fingerprint density at radius 3 is 2.92 bits per heavy atom. The molecular formula is C19H19FN4O2. The van der Waals surface area contributed by atoms with Gasteiger partial charge in [-0.05, 0) is 50.1 Å². The lowest BCUT2D eigenvalue weighted by Gasteiger charge is -2.25. The summed E-state index contributed by atoms with van der Waals surface area (Å²) in [4.78, 5) is 18.8. The zero-order valence-electron chi connectivity index (χ0n) is 14.4. The van der Waals surface area contributed by atoms with E-state index in [4.69, 9.17) is 4.74 Å². The summed E-state index contributed by atoms with van der Waals surface area (Å²) in [6, 6.07) is 9.44. The number of fused-ring (bicyclic) bond motifs is 1. The Kier molecular flexibility index (Phi) is 4.28. The average Bonchev–Trinajstić information content (AvgIpc) is 3.26. The zero-order chi connectivity index (χ0) is 18.1. The molecule has 1 fully saturated rings. The van der Waals surface area contributed by atoms with E-state index < -0.39 is 0 Å². The maximum atomic E-state index is 13.0. The Morgan fingerprint density at radius 2 is 2.12 bits per heavy atom. The third-order valence-corrected chi connectivity index (χ3v) is 4.60. The van der Waals surface area contributed by atoms with Crippen LogP contribution >= 0.6 is 0 Å². The Labute approximate surface area is 150 Å². The van der Waals surface area contributed by atoms with Gasteiger partial charge in [0.1, 0.15) is 11.6 Å². The van der Waals surface area contributed by atoms with Gasteiger partial charge in [-0.2, -0.15) is 5.10 Å². The maximum absolute atomic E-state index is 13.0. The SMILES string of the molecule is Cc1cc2nccc([C@@H]3CCCN3C(=O)COc3ccc(F)cc3)n2n1. The van der Waals surface area contributed by atoms with E-state index in [0.717, 1.165) is 29.9 Å². The average molecular weight is 354 g/mol. The Hall–Kier alpha value is -2.96. The van der Waals surface area contributed by atoms with Gasteiger partial charge in [0.05, 0.1) is 17.4 Å². The molecule has 0 unspecified atom stereocenters. The normalized spacial score (nSPS) is 17.0. The molecule has 4 rings (SSSR count). The number of amides is 1. The van der Waals surface area contributed by atoms with Gasteiger partial charge in [0, 0.05) is 18.8 Å². The number of benzene rings is 1.